The van der Waals surface area contributed by atoms with Gasteiger partial charge < -0.3 is 14.8 Å². The summed E-state index contributed by atoms with van der Waals surface area (Å²) in [6, 6.07) is 6.19. The molecule has 3 amide bonds. The number of benzene rings is 1. The Balaban J connectivity index is 1.74. The summed E-state index contributed by atoms with van der Waals surface area (Å²) in [4.78, 5) is 35.3. The predicted octanol–water partition coefficient (Wildman–Crippen LogP) is 0.814. The Bertz CT molecular complexity index is 563. The molecule has 0 bridgehead atoms. The van der Waals surface area contributed by atoms with Gasteiger partial charge in [0.25, 0.3) is 5.91 Å². The summed E-state index contributed by atoms with van der Waals surface area (Å²) < 4.78 is 9.91. The molecule has 0 aliphatic carbocycles. The van der Waals surface area contributed by atoms with E-state index >= 15 is 0 Å². The number of hydrogen-bond acceptors (Lipinski definition) is 5. The lowest BCUT2D eigenvalue weighted by atomic mass is 10.3. The first-order valence-corrected chi connectivity index (χ1v) is 6.57. The second kappa shape index (κ2) is 6.94. The molecule has 0 atom stereocenters. The lowest BCUT2D eigenvalue weighted by Crippen LogP contribution is -2.37. The molecule has 0 radical (unpaired) electrons. The van der Waals surface area contributed by atoms with Crippen molar-refractivity contribution in [1.82, 2.24) is 10.2 Å². The van der Waals surface area contributed by atoms with Crippen molar-refractivity contribution in [2.75, 3.05) is 26.3 Å². The topological polar surface area (TPSA) is 84.9 Å². The third-order valence-corrected chi connectivity index (χ3v) is 3.01. The van der Waals surface area contributed by atoms with Crippen LogP contribution in [0.1, 0.15) is 0 Å². The fraction of sp³-hybridized carbons (Fsp3) is 0.308. The fourth-order valence-electron chi connectivity index (χ4n) is 1.67. The van der Waals surface area contributed by atoms with Crippen molar-refractivity contribution in [2.45, 2.75) is 0 Å². The van der Waals surface area contributed by atoms with Crippen molar-refractivity contribution in [3.63, 3.8) is 0 Å². The summed E-state index contributed by atoms with van der Waals surface area (Å²) in [6.07, 6.45) is 0. The second-order valence-corrected chi connectivity index (χ2v) is 4.56. The number of carbonyl (C=O) groups is 3. The molecule has 1 N–H and O–H groups in total. The van der Waals surface area contributed by atoms with Gasteiger partial charge in [0.05, 0.1) is 5.02 Å². The summed E-state index contributed by atoms with van der Waals surface area (Å²) in [6.45, 7) is -0.208. The number of esters is 1. The number of hydrogen-bond donors (Lipinski definition) is 1. The normalized spacial score (nSPS) is 13.8. The Morgan fingerprint density at radius 1 is 1.29 bits per heavy atom. The first-order valence-electron chi connectivity index (χ1n) is 6.19. The average molecular weight is 313 g/mol. The molecule has 1 heterocycles. The maximum absolute atomic E-state index is 11.6. The second-order valence-electron chi connectivity index (χ2n) is 4.16. The SMILES string of the molecule is O=C(COc1ccccc1Cl)OCC(=O)N1CCNC1=O. The third-order valence-electron chi connectivity index (χ3n) is 2.70. The van der Waals surface area contributed by atoms with Gasteiger partial charge in [-0.25, -0.2) is 9.59 Å². The lowest BCUT2D eigenvalue weighted by molar-refractivity contribution is -0.152. The van der Waals surface area contributed by atoms with Gasteiger partial charge in [0, 0.05) is 13.1 Å². The van der Waals surface area contributed by atoms with E-state index in [1.165, 1.54) is 0 Å². The van der Waals surface area contributed by atoms with E-state index in [4.69, 9.17) is 21.1 Å². The van der Waals surface area contributed by atoms with Crippen LogP contribution in [-0.2, 0) is 14.3 Å². The van der Waals surface area contributed by atoms with E-state index in [1.807, 2.05) is 0 Å². The molecule has 21 heavy (non-hydrogen) atoms. The molecule has 0 spiro atoms. The highest BCUT2D eigenvalue weighted by Gasteiger charge is 2.26. The van der Waals surface area contributed by atoms with Gasteiger partial charge >= 0.3 is 12.0 Å². The van der Waals surface area contributed by atoms with E-state index in [-0.39, 0.29) is 13.2 Å². The molecule has 7 nitrogen and oxygen atoms in total. The Morgan fingerprint density at radius 3 is 2.71 bits per heavy atom. The van der Waals surface area contributed by atoms with Crippen molar-refractivity contribution in [2.24, 2.45) is 0 Å². The number of ether oxygens (including phenoxy) is 2. The van der Waals surface area contributed by atoms with E-state index < -0.39 is 24.5 Å². The first-order chi connectivity index (χ1) is 10.1. The number of para-hydroxylation sites is 1. The van der Waals surface area contributed by atoms with Gasteiger partial charge in [-0.1, -0.05) is 23.7 Å². The molecule has 1 aliphatic heterocycles. The molecule has 1 saturated heterocycles. The predicted molar refractivity (Wildman–Crippen MR) is 73.0 cm³/mol. The van der Waals surface area contributed by atoms with Crippen molar-refractivity contribution >= 4 is 29.5 Å². The molecule has 1 aliphatic rings. The highest BCUT2D eigenvalue weighted by Crippen LogP contribution is 2.22. The molecule has 2 rings (SSSR count). The fourth-order valence-corrected chi connectivity index (χ4v) is 1.86. The van der Waals surface area contributed by atoms with E-state index in [1.54, 1.807) is 24.3 Å². The average Bonchev–Trinajstić information content (AvgIpc) is 2.90. The van der Waals surface area contributed by atoms with Crippen LogP contribution in [0.15, 0.2) is 24.3 Å². The van der Waals surface area contributed by atoms with Crippen LogP contribution in [-0.4, -0.2) is 49.1 Å². The summed E-state index contributed by atoms with van der Waals surface area (Å²) in [5.41, 5.74) is 0. The Kier molecular flexibility index (Phi) is 4.99. The van der Waals surface area contributed by atoms with Crippen LogP contribution < -0.4 is 10.1 Å². The van der Waals surface area contributed by atoms with Crippen LogP contribution in [0.2, 0.25) is 5.02 Å². The molecule has 0 unspecified atom stereocenters. The van der Waals surface area contributed by atoms with E-state index in [0.717, 1.165) is 4.90 Å². The highest BCUT2D eigenvalue weighted by atomic mass is 35.5. The third kappa shape index (κ3) is 4.09. The van der Waals surface area contributed by atoms with Crippen molar-refractivity contribution in [1.29, 1.82) is 0 Å². The monoisotopic (exact) mass is 312 g/mol. The lowest BCUT2D eigenvalue weighted by Gasteiger charge is -2.12. The van der Waals surface area contributed by atoms with E-state index in [9.17, 15) is 14.4 Å². The molecule has 0 saturated carbocycles. The van der Waals surface area contributed by atoms with Gasteiger partial charge in [0.15, 0.2) is 13.2 Å². The summed E-state index contributed by atoms with van der Waals surface area (Å²) >= 11 is 5.86. The van der Waals surface area contributed by atoms with Gasteiger partial charge in [0.1, 0.15) is 5.75 Å². The number of rotatable bonds is 5. The van der Waals surface area contributed by atoms with Gasteiger partial charge in [-0.3, -0.25) is 9.69 Å². The minimum atomic E-state index is -0.720. The summed E-state index contributed by atoms with van der Waals surface area (Å²) in [5, 5.41) is 2.85. The minimum absolute atomic E-state index is 0.269. The molecular formula is C13H13ClN2O5. The molecule has 112 valence electrons. The molecule has 8 heteroatoms. The van der Waals surface area contributed by atoms with Crippen LogP contribution >= 0.6 is 11.6 Å². The minimum Gasteiger partial charge on any atom is -0.480 e. The van der Waals surface area contributed by atoms with Crippen LogP contribution in [0.3, 0.4) is 0 Å². The number of halogens is 1. The number of nitrogens with zero attached hydrogens (tertiary/aromatic N) is 1. The van der Waals surface area contributed by atoms with Crippen LogP contribution in [0, 0.1) is 0 Å². The number of imide groups is 1. The first kappa shape index (κ1) is 15.1. The van der Waals surface area contributed by atoms with E-state index in [0.29, 0.717) is 17.3 Å². The largest absolute Gasteiger partial charge is 0.480 e. The molecule has 1 aromatic rings. The standard InChI is InChI=1S/C13H13ClN2O5/c14-9-3-1-2-4-10(9)20-8-12(18)21-7-11(17)16-6-5-15-13(16)19/h1-4H,5-8H2,(H,15,19). The number of carbonyl (C=O) groups excluding carboxylic acids is 3. The quantitative estimate of drug-likeness (QED) is 0.813. The number of amides is 3. The van der Waals surface area contributed by atoms with Crippen LogP contribution in [0.5, 0.6) is 5.75 Å². The zero-order chi connectivity index (χ0) is 15.2. The van der Waals surface area contributed by atoms with Crippen LogP contribution in [0.4, 0.5) is 4.79 Å². The Morgan fingerprint density at radius 2 is 2.05 bits per heavy atom. The zero-order valence-corrected chi connectivity index (χ0v) is 11.8. The zero-order valence-electron chi connectivity index (χ0n) is 11.0. The maximum atomic E-state index is 11.6. The van der Waals surface area contributed by atoms with E-state index in [2.05, 4.69) is 5.32 Å². The van der Waals surface area contributed by atoms with Crippen LogP contribution in [0.25, 0.3) is 0 Å². The molecule has 1 fully saturated rings. The highest BCUT2D eigenvalue weighted by molar-refractivity contribution is 6.32. The molecule has 0 aromatic heterocycles. The van der Waals surface area contributed by atoms with Gasteiger partial charge in [-0.05, 0) is 12.1 Å². The molecule has 1 aromatic carbocycles. The molecular weight excluding hydrogens is 300 g/mol. The smallest absolute Gasteiger partial charge is 0.344 e. The van der Waals surface area contributed by atoms with Gasteiger partial charge in [-0.15, -0.1) is 0 Å². The van der Waals surface area contributed by atoms with Crippen molar-refractivity contribution < 1.29 is 23.9 Å². The van der Waals surface area contributed by atoms with Crippen molar-refractivity contribution in [3.05, 3.63) is 29.3 Å². The van der Waals surface area contributed by atoms with Crippen molar-refractivity contribution in [3.8, 4) is 5.75 Å². The van der Waals surface area contributed by atoms with Gasteiger partial charge in [0.2, 0.25) is 0 Å². The number of urea groups is 1. The Labute approximate surface area is 125 Å². The summed E-state index contributed by atoms with van der Waals surface area (Å²) in [5.74, 6) is -0.944. The number of nitrogens with one attached hydrogen (secondary N) is 1. The Hall–Kier alpha value is -2.28. The maximum Gasteiger partial charge on any atom is 0.344 e. The summed E-state index contributed by atoms with van der Waals surface area (Å²) in [7, 11) is 0. The van der Waals surface area contributed by atoms with Gasteiger partial charge in [-0.2, -0.15) is 0 Å².